The van der Waals surface area contributed by atoms with E-state index in [9.17, 15) is 9.59 Å². The summed E-state index contributed by atoms with van der Waals surface area (Å²) in [6.07, 6.45) is 6.70. The summed E-state index contributed by atoms with van der Waals surface area (Å²) in [4.78, 5) is 31.7. The zero-order chi connectivity index (χ0) is 20.9. The number of nitrogens with two attached hydrogens (primary N) is 1. The Bertz CT molecular complexity index is 1210. The van der Waals surface area contributed by atoms with E-state index in [0.29, 0.717) is 11.5 Å². The van der Waals surface area contributed by atoms with Crippen molar-refractivity contribution in [2.24, 2.45) is 5.73 Å². The number of benzene rings is 1. The number of hydrogen-bond acceptors (Lipinski definition) is 6. The molecule has 8 nitrogen and oxygen atoms in total. The molecule has 0 atom stereocenters. The van der Waals surface area contributed by atoms with Gasteiger partial charge >= 0.3 is 5.97 Å². The van der Waals surface area contributed by atoms with Crippen LogP contribution < -0.4 is 15.2 Å². The second-order valence-corrected chi connectivity index (χ2v) is 6.20. The molecule has 0 radical (unpaired) electrons. The van der Waals surface area contributed by atoms with Crippen molar-refractivity contribution >= 4 is 11.9 Å². The minimum atomic E-state index is -0.655. The van der Waals surface area contributed by atoms with E-state index in [2.05, 4.69) is 9.97 Å². The second kappa shape index (κ2) is 8.27. The smallest absolute Gasteiger partial charge is 0.362 e. The van der Waals surface area contributed by atoms with Gasteiger partial charge in [0.1, 0.15) is 22.9 Å². The number of esters is 1. The quantitative estimate of drug-likeness (QED) is 0.393. The summed E-state index contributed by atoms with van der Waals surface area (Å²) in [6.45, 7) is 0. The van der Waals surface area contributed by atoms with Crippen LogP contribution in [0.15, 0.2) is 85.5 Å². The first-order chi connectivity index (χ1) is 14.6. The Hall–Kier alpha value is -4.46. The molecule has 0 aliphatic rings. The van der Waals surface area contributed by atoms with Crippen LogP contribution in [0.1, 0.15) is 21.0 Å². The molecule has 0 fully saturated rings. The van der Waals surface area contributed by atoms with Crippen molar-refractivity contribution in [2.45, 2.75) is 0 Å². The number of primary amides is 1. The Morgan fingerprint density at radius 2 is 1.50 bits per heavy atom. The molecule has 2 N–H and O–H groups in total. The lowest BCUT2D eigenvalue weighted by Gasteiger charge is -2.09. The minimum absolute atomic E-state index is 0.0868. The normalized spacial score (nSPS) is 10.4. The predicted octanol–water partition coefficient (Wildman–Crippen LogP) is 3.38. The average Bonchev–Trinajstić information content (AvgIpc) is 3.29. The molecule has 4 aromatic rings. The molecule has 0 spiro atoms. The van der Waals surface area contributed by atoms with Crippen LogP contribution in [0.3, 0.4) is 0 Å². The zero-order valence-electron chi connectivity index (χ0n) is 15.6. The van der Waals surface area contributed by atoms with Gasteiger partial charge in [-0.15, -0.1) is 0 Å². The number of aromatic nitrogens is 3. The number of carbonyl (C=O) groups excluding carboxylic acids is 2. The fourth-order valence-electron chi connectivity index (χ4n) is 2.70. The maximum absolute atomic E-state index is 12.5. The van der Waals surface area contributed by atoms with Gasteiger partial charge in [0, 0.05) is 42.6 Å². The largest absolute Gasteiger partial charge is 0.457 e. The Morgan fingerprint density at radius 1 is 0.800 bits per heavy atom. The standard InChI is InChI=1S/C22H16N4O4/c23-21(27)19-14-18(7-9-24-19)29-16-4-3-5-17(13-16)30-22(28)20-12-15(6-8-25-20)26-10-1-2-11-26/h1-14H,(H2,23,27). The fraction of sp³-hybridized carbons (Fsp3) is 0. The molecule has 148 valence electrons. The first kappa shape index (κ1) is 18.9. The predicted molar refractivity (Wildman–Crippen MR) is 108 cm³/mol. The highest BCUT2D eigenvalue weighted by atomic mass is 16.5. The first-order valence-electron chi connectivity index (χ1n) is 8.94. The SMILES string of the molecule is NC(=O)c1cc(Oc2cccc(OC(=O)c3cc(-n4cccc4)ccn3)c2)ccn1. The van der Waals surface area contributed by atoms with Crippen molar-refractivity contribution in [1.29, 1.82) is 0 Å². The lowest BCUT2D eigenvalue weighted by Crippen LogP contribution is -2.12. The minimum Gasteiger partial charge on any atom is -0.457 e. The number of carbonyl (C=O) groups is 2. The number of ether oxygens (including phenoxy) is 2. The third-order valence-corrected chi connectivity index (χ3v) is 4.09. The second-order valence-electron chi connectivity index (χ2n) is 6.20. The molecule has 0 unspecified atom stereocenters. The Morgan fingerprint density at radius 3 is 2.30 bits per heavy atom. The van der Waals surface area contributed by atoms with Crippen LogP contribution in [0.2, 0.25) is 0 Å². The molecule has 0 aliphatic heterocycles. The molecular formula is C22H16N4O4. The van der Waals surface area contributed by atoms with E-state index in [1.807, 2.05) is 29.1 Å². The highest BCUT2D eigenvalue weighted by Crippen LogP contribution is 2.26. The topological polar surface area (TPSA) is 109 Å². The number of pyridine rings is 2. The van der Waals surface area contributed by atoms with Gasteiger partial charge in [0.2, 0.25) is 0 Å². The van der Waals surface area contributed by atoms with E-state index < -0.39 is 11.9 Å². The van der Waals surface area contributed by atoms with Crippen LogP contribution in [-0.4, -0.2) is 26.4 Å². The van der Waals surface area contributed by atoms with Gasteiger partial charge in [-0.05, 0) is 42.5 Å². The van der Waals surface area contributed by atoms with Crippen LogP contribution in [-0.2, 0) is 0 Å². The van der Waals surface area contributed by atoms with Crippen molar-refractivity contribution in [3.05, 3.63) is 96.8 Å². The molecule has 30 heavy (non-hydrogen) atoms. The lowest BCUT2D eigenvalue weighted by atomic mass is 10.3. The molecule has 0 aliphatic carbocycles. The van der Waals surface area contributed by atoms with Gasteiger partial charge in [0.15, 0.2) is 5.69 Å². The van der Waals surface area contributed by atoms with E-state index in [0.717, 1.165) is 5.69 Å². The van der Waals surface area contributed by atoms with Gasteiger partial charge in [0.25, 0.3) is 5.91 Å². The maximum Gasteiger partial charge on any atom is 0.362 e. The third-order valence-electron chi connectivity index (χ3n) is 4.09. The molecule has 4 rings (SSSR count). The summed E-state index contributed by atoms with van der Waals surface area (Å²) in [6, 6.07) is 16.8. The summed E-state index contributed by atoms with van der Waals surface area (Å²) < 4.78 is 13.0. The van der Waals surface area contributed by atoms with Gasteiger partial charge in [-0.25, -0.2) is 9.78 Å². The molecule has 0 bridgehead atoms. The molecular weight excluding hydrogens is 384 g/mol. The molecule has 0 saturated heterocycles. The van der Waals surface area contributed by atoms with E-state index >= 15 is 0 Å². The van der Waals surface area contributed by atoms with Crippen LogP contribution in [0.5, 0.6) is 17.2 Å². The van der Waals surface area contributed by atoms with Crippen molar-refractivity contribution in [3.63, 3.8) is 0 Å². The summed E-state index contributed by atoms with van der Waals surface area (Å²) >= 11 is 0. The Kier molecular flexibility index (Phi) is 5.21. The highest BCUT2D eigenvalue weighted by molar-refractivity contribution is 5.91. The number of rotatable bonds is 6. The van der Waals surface area contributed by atoms with Crippen LogP contribution in [0.4, 0.5) is 0 Å². The molecule has 3 aromatic heterocycles. The van der Waals surface area contributed by atoms with Crippen molar-refractivity contribution in [1.82, 2.24) is 14.5 Å². The Labute approximate surface area is 171 Å². The van der Waals surface area contributed by atoms with Gasteiger partial charge in [-0.2, -0.15) is 0 Å². The Balaban J connectivity index is 1.49. The molecule has 8 heteroatoms. The fourth-order valence-corrected chi connectivity index (χ4v) is 2.70. The molecule has 1 aromatic carbocycles. The highest BCUT2D eigenvalue weighted by Gasteiger charge is 2.12. The summed E-state index contributed by atoms with van der Waals surface area (Å²) in [5.74, 6) is -0.173. The average molecular weight is 400 g/mol. The molecule has 3 heterocycles. The van der Waals surface area contributed by atoms with Crippen LogP contribution in [0, 0.1) is 0 Å². The van der Waals surface area contributed by atoms with E-state index in [1.165, 1.54) is 12.3 Å². The summed E-state index contributed by atoms with van der Waals surface area (Å²) in [5, 5.41) is 0. The van der Waals surface area contributed by atoms with Gasteiger partial charge < -0.3 is 19.8 Å². The monoisotopic (exact) mass is 400 g/mol. The van der Waals surface area contributed by atoms with E-state index in [4.69, 9.17) is 15.2 Å². The molecule has 1 amide bonds. The van der Waals surface area contributed by atoms with Crippen molar-refractivity contribution in [2.75, 3.05) is 0 Å². The molecule has 0 saturated carbocycles. The van der Waals surface area contributed by atoms with Gasteiger partial charge in [-0.3, -0.25) is 9.78 Å². The summed E-state index contributed by atoms with van der Waals surface area (Å²) in [7, 11) is 0. The number of hydrogen-bond donors (Lipinski definition) is 1. The van der Waals surface area contributed by atoms with Crippen molar-refractivity contribution < 1.29 is 19.1 Å². The number of amides is 1. The van der Waals surface area contributed by atoms with Crippen LogP contribution in [0.25, 0.3) is 5.69 Å². The maximum atomic E-state index is 12.5. The van der Waals surface area contributed by atoms with Crippen molar-refractivity contribution in [3.8, 4) is 22.9 Å². The van der Waals surface area contributed by atoms with Gasteiger partial charge in [-0.1, -0.05) is 6.07 Å². The lowest BCUT2D eigenvalue weighted by molar-refractivity contribution is 0.0728. The summed E-state index contributed by atoms with van der Waals surface area (Å²) in [5.41, 5.74) is 6.28. The van der Waals surface area contributed by atoms with E-state index in [-0.39, 0.29) is 17.1 Å². The zero-order valence-corrected chi connectivity index (χ0v) is 15.6. The van der Waals surface area contributed by atoms with Gasteiger partial charge in [0.05, 0.1) is 0 Å². The third kappa shape index (κ3) is 4.33. The first-order valence-corrected chi connectivity index (χ1v) is 8.94. The number of nitrogens with zero attached hydrogens (tertiary/aromatic N) is 3. The van der Waals surface area contributed by atoms with E-state index in [1.54, 1.807) is 48.7 Å². The van der Waals surface area contributed by atoms with Crippen LogP contribution >= 0.6 is 0 Å².